The van der Waals surface area contributed by atoms with E-state index in [1.54, 1.807) is 12.1 Å². The number of non-ortho nitro benzene ring substituents is 1. The quantitative estimate of drug-likeness (QED) is 0.175. The summed E-state index contributed by atoms with van der Waals surface area (Å²) < 4.78 is 5.91. The van der Waals surface area contributed by atoms with Gasteiger partial charge < -0.3 is 4.74 Å². The first kappa shape index (κ1) is 24.6. The van der Waals surface area contributed by atoms with E-state index in [1.807, 2.05) is 29.3 Å². The lowest BCUT2D eigenvalue weighted by Crippen LogP contribution is -2.31. The molecule has 2 aromatic carbocycles. The summed E-state index contributed by atoms with van der Waals surface area (Å²) in [6, 6.07) is 14.7. The maximum atomic E-state index is 10.8. The normalized spacial score (nSPS) is 13.0. The Morgan fingerprint density at radius 2 is 1.48 bits per heavy atom. The molecule has 1 heterocycles. The molecule has 0 fully saturated rings. The molecule has 0 saturated carbocycles. The molecule has 1 aliphatic rings. The summed E-state index contributed by atoms with van der Waals surface area (Å²) in [5.74, 6) is 0.900. The fourth-order valence-corrected chi connectivity index (χ4v) is 4.04. The molecule has 0 amide bonds. The summed E-state index contributed by atoms with van der Waals surface area (Å²) in [5.41, 5.74) is 6.40. The Morgan fingerprint density at radius 3 is 2.09 bits per heavy atom. The van der Waals surface area contributed by atoms with Crippen LogP contribution < -0.4 is 15.2 Å². The largest absolute Gasteiger partial charge is 0.494 e. The second-order valence-corrected chi connectivity index (χ2v) is 8.67. The molecule has 3 rings (SSSR count). The molecule has 0 unspecified atom stereocenters. The molecule has 178 valence electrons. The maximum absolute atomic E-state index is 10.8. The first-order valence-corrected chi connectivity index (χ1v) is 12.4. The summed E-state index contributed by atoms with van der Waals surface area (Å²) in [6.45, 7) is 3.76. The molecule has 1 aliphatic heterocycles. The van der Waals surface area contributed by atoms with E-state index >= 15 is 0 Å². The first-order chi connectivity index (χ1) is 16.2. The predicted octanol–water partition coefficient (Wildman–Crippen LogP) is 7.26. The smallest absolute Gasteiger partial charge is 0.269 e. The molecule has 33 heavy (non-hydrogen) atoms. The van der Waals surface area contributed by atoms with Gasteiger partial charge >= 0.3 is 0 Å². The van der Waals surface area contributed by atoms with Crippen LogP contribution >= 0.6 is 0 Å². The molecular formula is C27H37N3O3. The van der Waals surface area contributed by atoms with Gasteiger partial charge in [0, 0.05) is 12.1 Å². The Hall–Kier alpha value is -3.02. The molecule has 1 N–H and O–H groups in total. The van der Waals surface area contributed by atoms with Crippen molar-refractivity contribution >= 4 is 17.1 Å². The van der Waals surface area contributed by atoms with Crippen molar-refractivity contribution in [3.8, 4) is 5.75 Å². The number of ether oxygens (including phenoxy) is 1. The van der Waals surface area contributed by atoms with Crippen LogP contribution in [-0.2, 0) is 0 Å². The summed E-state index contributed by atoms with van der Waals surface area (Å²) in [7, 11) is 0. The van der Waals surface area contributed by atoms with Crippen molar-refractivity contribution < 1.29 is 9.66 Å². The molecule has 0 saturated heterocycles. The van der Waals surface area contributed by atoms with E-state index in [-0.39, 0.29) is 10.6 Å². The fourth-order valence-electron chi connectivity index (χ4n) is 4.04. The number of nitrogens with zero attached hydrogens (tertiary/aromatic N) is 2. The Labute approximate surface area is 197 Å². The van der Waals surface area contributed by atoms with Crippen LogP contribution in [0.3, 0.4) is 0 Å². The molecule has 0 radical (unpaired) electrons. The van der Waals surface area contributed by atoms with E-state index in [1.165, 1.54) is 69.9 Å². The van der Waals surface area contributed by atoms with E-state index in [0.29, 0.717) is 0 Å². The number of hydrogen-bond acceptors (Lipinski definition) is 5. The van der Waals surface area contributed by atoms with Crippen molar-refractivity contribution in [2.24, 2.45) is 0 Å². The van der Waals surface area contributed by atoms with Crippen LogP contribution in [0.25, 0.3) is 5.70 Å². The van der Waals surface area contributed by atoms with Gasteiger partial charge in [0.1, 0.15) is 5.75 Å². The lowest BCUT2D eigenvalue weighted by molar-refractivity contribution is -0.384. The average Bonchev–Trinajstić information content (AvgIpc) is 3.33. The number of nitro groups is 1. The number of rotatable bonds is 15. The Bertz CT molecular complexity index is 878. The summed E-state index contributed by atoms with van der Waals surface area (Å²) >= 11 is 0. The van der Waals surface area contributed by atoms with Crippen LogP contribution in [0, 0.1) is 10.1 Å². The van der Waals surface area contributed by atoms with Crippen LogP contribution in [0.4, 0.5) is 11.4 Å². The van der Waals surface area contributed by atoms with Crippen LogP contribution in [0.5, 0.6) is 5.75 Å². The summed E-state index contributed by atoms with van der Waals surface area (Å²) in [5, 5.41) is 12.9. The lowest BCUT2D eigenvalue weighted by atomic mass is 10.1. The molecule has 0 bridgehead atoms. The highest BCUT2D eigenvalue weighted by atomic mass is 16.6. The van der Waals surface area contributed by atoms with E-state index in [0.717, 1.165) is 42.3 Å². The van der Waals surface area contributed by atoms with Crippen molar-refractivity contribution in [1.82, 2.24) is 5.43 Å². The molecule has 6 nitrogen and oxygen atoms in total. The van der Waals surface area contributed by atoms with Gasteiger partial charge in [-0.2, -0.15) is 0 Å². The second-order valence-electron chi connectivity index (χ2n) is 8.67. The number of anilines is 1. The lowest BCUT2D eigenvalue weighted by Gasteiger charge is -2.21. The van der Waals surface area contributed by atoms with Gasteiger partial charge in [-0.1, -0.05) is 64.7 Å². The van der Waals surface area contributed by atoms with E-state index < -0.39 is 0 Å². The van der Waals surface area contributed by atoms with E-state index in [2.05, 4.69) is 18.4 Å². The fraction of sp³-hybridized carbons (Fsp3) is 0.481. The molecule has 0 spiro atoms. The number of benzene rings is 2. The number of hydrogen-bond donors (Lipinski definition) is 1. The minimum atomic E-state index is -0.382. The van der Waals surface area contributed by atoms with Gasteiger partial charge in [0.25, 0.3) is 5.69 Å². The highest BCUT2D eigenvalue weighted by molar-refractivity contribution is 5.70. The average molecular weight is 452 g/mol. The standard InChI is InChI=1S/C27H37N3O3/c1-2-3-4-5-6-7-8-9-10-11-22-33-26-18-16-24(17-19-26)29-21-20-27(28-29)23-12-14-25(15-13-23)30(31)32/h12-20,28H,2-11,21-22H2,1H3. The van der Waals surface area contributed by atoms with Gasteiger partial charge in [0.2, 0.25) is 0 Å². The molecule has 0 aromatic heterocycles. The molecule has 6 heteroatoms. The zero-order valence-electron chi connectivity index (χ0n) is 19.8. The van der Waals surface area contributed by atoms with Crippen molar-refractivity contribution in [2.45, 2.75) is 71.1 Å². The van der Waals surface area contributed by atoms with E-state index in [4.69, 9.17) is 4.74 Å². The zero-order valence-corrected chi connectivity index (χ0v) is 19.8. The Balaban J connectivity index is 1.31. The van der Waals surface area contributed by atoms with Gasteiger partial charge in [-0.25, -0.2) is 0 Å². The zero-order chi connectivity index (χ0) is 23.3. The minimum Gasteiger partial charge on any atom is -0.494 e. The third-order valence-corrected chi connectivity index (χ3v) is 6.04. The first-order valence-electron chi connectivity index (χ1n) is 12.4. The second kappa shape index (κ2) is 13.5. The third-order valence-electron chi connectivity index (χ3n) is 6.04. The number of unbranched alkanes of at least 4 members (excludes halogenated alkanes) is 9. The highest BCUT2D eigenvalue weighted by Crippen LogP contribution is 2.25. The Kier molecular flexibility index (Phi) is 10.1. The monoisotopic (exact) mass is 451 g/mol. The van der Waals surface area contributed by atoms with Crippen molar-refractivity contribution in [3.05, 3.63) is 70.3 Å². The van der Waals surface area contributed by atoms with Gasteiger partial charge in [-0.05, 0) is 54.5 Å². The van der Waals surface area contributed by atoms with Crippen molar-refractivity contribution in [1.29, 1.82) is 0 Å². The Morgan fingerprint density at radius 1 is 0.879 bits per heavy atom. The maximum Gasteiger partial charge on any atom is 0.269 e. The third kappa shape index (κ3) is 8.12. The van der Waals surface area contributed by atoms with Gasteiger partial charge in [0.05, 0.1) is 29.5 Å². The van der Waals surface area contributed by atoms with Gasteiger partial charge in [0.15, 0.2) is 0 Å². The summed E-state index contributed by atoms with van der Waals surface area (Å²) in [4.78, 5) is 10.4. The van der Waals surface area contributed by atoms with Crippen molar-refractivity contribution in [3.63, 3.8) is 0 Å². The van der Waals surface area contributed by atoms with Crippen LogP contribution in [-0.4, -0.2) is 18.1 Å². The SMILES string of the molecule is CCCCCCCCCCCCOc1ccc(N2CC=C(c3ccc([N+](=O)[O-])cc3)N2)cc1. The molecular weight excluding hydrogens is 414 g/mol. The van der Waals surface area contributed by atoms with Crippen molar-refractivity contribution in [2.75, 3.05) is 18.2 Å². The van der Waals surface area contributed by atoms with Gasteiger partial charge in [-0.15, -0.1) is 0 Å². The minimum absolute atomic E-state index is 0.0996. The number of hydrazine groups is 1. The topological polar surface area (TPSA) is 67.6 Å². The van der Waals surface area contributed by atoms with Gasteiger partial charge in [-0.3, -0.25) is 20.5 Å². The highest BCUT2D eigenvalue weighted by Gasteiger charge is 2.16. The van der Waals surface area contributed by atoms with Crippen LogP contribution in [0.15, 0.2) is 54.6 Å². The molecule has 0 atom stereocenters. The molecule has 0 aliphatic carbocycles. The van der Waals surface area contributed by atoms with E-state index in [9.17, 15) is 10.1 Å². The summed E-state index contributed by atoms with van der Waals surface area (Å²) in [6.07, 6.45) is 15.3. The molecule has 2 aromatic rings. The number of nitro benzene ring substituents is 1. The van der Waals surface area contributed by atoms with Crippen LogP contribution in [0.1, 0.15) is 76.7 Å². The predicted molar refractivity (Wildman–Crippen MR) is 135 cm³/mol. The van der Waals surface area contributed by atoms with Crippen LogP contribution in [0.2, 0.25) is 0 Å². The number of nitrogens with one attached hydrogen (secondary N) is 1.